The molecule has 0 unspecified atom stereocenters. The second kappa shape index (κ2) is 5.27. The Labute approximate surface area is 121 Å². The van der Waals surface area contributed by atoms with Crippen LogP contribution in [-0.2, 0) is 12.8 Å². The summed E-state index contributed by atoms with van der Waals surface area (Å²) in [7, 11) is 0. The molecule has 3 rings (SSSR count). The maximum absolute atomic E-state index is 6.25. The number of hydrogen-bond donors (Lipinski definition) is 0. The van der Waals surface area contributed by atoms with Crippen LogP contribution in [0.4, 0.5) is 0 Å². The molecule has 0 saturated carbocycles. The fourth-order valence-electron chi connectivity index (χ4n) is 2.01. The van der Waals surface area contributed by atoms with Crippen molar-refractivity contribution in [3.05, 3.63) is 57.8 Å². The van der Waals surface area contributed by atoms with Gasteiger partial charge in [0, 0.05) is 16.7 Å². The number of aryl methyl sites for hydroxylation is 1. The monoisotopic (exact) mass is 288 g/mol. The van der Waals surface area contributed by atoms with E-state index in [1.807, 2.05) is 18.2 Å². The highest BCUT2D eigenvalue weighted by molar-refractivity contribution is 7.18. The number of hydrogen-bond acceptors (Lipinski definition) is 3. The van der Waals surface area contributed by atoms with Crippen molar-refractivity contribution >= 4 is 33.2 Å². The van der Waals surface area contributed by atoms with Crippen LogP contribution in [0.1, 0.15) is 23.2 Å². The van der Waals surface area contributed by atoms with Gasteiger partial charge in [-0.3, -0.25) is 0 Å². The van der Waals surface area contributed by atoms with E-state index in [2.05, 4.69) is 35.1 Å². The standard InChI is InChI=1S/C15H13ClN2S/c1-2-11-9-12-14(16)17-13(18-15(12)19-11)8-10-6-4-3-5-7-10/h3-7,9H,2,8H2,1H3. The Bertz CT molecular complexity index is 707. The number of aromatic nitrogens is 2. The van der Waals surface area contributed by atoms with Crippen molar-refractivity contribution in [2.75, 3.05) is 0 Å². The van der Waals surface area contributed by atoms with Crippen molar-refractivity contribution < 1.29 is 0 Å². The van der Waals surface area contributed by atoms with E-state index in [0.717, 1.165) is 28.9 Å². The summed E-state index contributed by atoms with van der Waals surface area (Å²) in [6.07, 6.45) is 1.72. The highest BCUT2D eigenvalue weighted by Gasteiger charge is 2.10. The third kappa shape index (κ3) is 2.62. The largest absolute Gasteiger partial charge is 0.222 e. The van der Waals surface area contributed by atoms with Crippen molar-refractivity contribution in [2.45, 2.75) is 19.8 Å². The van der Waals surface area contributed by atoms with Gasteiger partial charge in [-0.05, 0) is 18.1 Å². The number of thiophene rings is 1. The minimum absolute atomic E-state index is 0.562. The number of halogens is 1. The lowest BCUT2D eigenvalue weighted by molar-refractivity contribution is 0.997. The Morgan fingerprint density at radius 3 is 2.68 bits per heavy atom. The summed E-state index contributed by atoms with van der Waals surface area (Å²) in [5.74, 6) is 0.785. The minimum atomic E-state index is 0.562. The second-order valence-corrected chi connectivity index (χ2v) is 5.85. The summed E-state index contributed by atoms with van der Waals surface area (Å²) in [5.41, 5.74) is 1.20. The van der Waals surface area contributed by atoms with E-state index in [1.54, 1.807) is 11.3 Å². The molecule has 0 N–H and O–H groups in total. The molecule has 0 aliphatic carbocycles. The van der Waals surface area contributed by atoms with Crippen LogP contribution >= 0.6 is 22.9 Å². The molecule has 1 aromatic carbocycles. The number of benzene rings is 1. The first-order valence-electron chi connectivity index (χ1n) is 6.25. The quantitative estimate of drug-likeness (QED) is 0.663. The third-order valence-electron chi connectivity index (χ3n) is 3.00. The van der Waals surface area contributed by atoms with E-state index in [0.29, 0.717) is 5.15 Å². The van der Waals surface area contributed by atoms with Crippen molar-refractivity contribution in [2.24, 2.45) is 0 Å². The molecule has 0 atom stereocenters. The molecule has 0 amide bonds. The SMILES string of the molecule is CCc1cc2c(Cl)nc(Cc3ccccc3)nc2s1. The Morgan fingerprint density at radius 1 is 1.16 bits per heavy atom. The van der Waals surface area contributed by atoms with E-state index in [-0.39, 0.29) is 0 Å². The molecule has 0 spiro atoms. The molecule has 0 radical (unpaired) electrons. The van der Waals surface area contributed by atoms with Gasteiger partial charge in [0.2, 0.25) is 0 Å². The van der Waals surface area contributed by atoms with E-state index in [9.17, 15) is 0 Å². The van der Waals surface area contributed by atoms with Crippen LogP contribution in [0.3, 0.4) is 0 Å². The summed E-state index contributed by atoms with van der Waals surface area (Å²) >= 11 is 7.95. The Morgan fingerprint density at radius 2 is 1.95 bits per heavy atom. The van der Waals surface area contributed by atoms with Crippen LogP contribution in [0.25, 0.3) is 10.2 Å². The fourth-order valence-corrected chi connectivity index (χ4v) is 3.29. The van der Waals surface area contributed by atoms with Crippen LogP contribution in [-0.4, -0.2) is 9.97 Å². The van der Waals surface area contributed by atoms with Gasteiger partial charge in [0.25, 0.3) is 0 Å². The van der Waals surface area contributed by atoms with Gasteiger partial charge in [-0.1, -0.05) is 48.9 Å². The Kier molecular flexibility index (Phi) is 3.49. The van der Waals surface area contributed by atoms with E-state index in [4.69, 9.17) is 11.6 Å². The molecule has 0 fully saturated rings. The first-order chi connectivity index (χ1) is 9.26. The molecule has 0 aliphatic heterocycles. The predicted molar refractivity (Wildman–Crippen MR) is 81.1 cm³/mol. The van der Waals surface area contributed by atoms with Crippen LogP contribution in [0.5, 0.6) is 0 Å². The molecule has 0 aliphatic rings. The van der Waals surface area contributed by atoms with E-state index in [1.165, 1.54) is 10.4 Å². The van der Waals surface area contributed by atoms with Crippen molar-refractivity contribution in [1.29, 1.82) is 0 Å². The maximum Gasteiger partial charge on any atom is 0.141 e. The third-order valence-corrected chi connectivity index (χ3v) is 4.46. The van der Waals surface area contributed by atoms with Gasteiger partial charge in [0.1, 0.15) is 15.8 Å². The number of nitrogens with zero attached hydrogens (tertiary/aromatic N) is 2. The molecule has 19 heavy (non-hydrogen) atoms. The zero-order chi connectivity index (χ0) is 13.2. The minimum Gasteiger partial charge on any atom is -0.222 e. The molecule has 2 heterocycles. The lowest BCUT2D eigenvalue weighted by Crippen LogP contribution is -1.96. The number of fused-ring (bicyclic) bond motifs is 1. The van der Waals surface area contributed by atoms with Gasteiger partial charge in [-0.15, -0.1) is 11.3 Å². The van der Waals surface area contributed by atoms with Gasteiger partial charge in [0.15, 0.2) is 0 Å². The topological polar surface area (TPSA) is 25.8 Å². The Hall–Kier alpha value is -1.45. The molecule has 0 bridgehead atoms. The van der Waals surface area contributed by atoms with Gasteiger partial charge in [-0.25, -0.2) is 9.97 Å². The van der Waals surface area contributed by atoms with Gasteiger partial charge in [-0.2, -0.15) is 0 Å². The molecular formula is C15H13ClN2S. The summed E-state index contributed by atoms with van der Waals surface area (Å²) in [4.78, 5) is 11.3. The normalized spacial score (nSPS) is 11.1. The van der Waals surface area contributed by atoms with Gasteiger partial charge < -0.3 is 0 Å². The van der Waals surface area contributed by atoms with E-state index >= 15 is 0 Å². The summed E-state index contributed by atoms with van der Waals surface area (Å²) in [6, 6.07) is 12.3. The van der Waals surface area contributed by atoms with Crippen molar-refractivity contribution in [3.63, 3.8) is 0 Å². The molecule has 2 aromatic heterocycles. The van der Waals surface area contributed by atoms with Gasteiger partial charge in [0.05, 0.1) is 0 Å². The number of rotatable bonds is 3. The van der Waals surface area contributed by atoms with Crippen LogP contribution in [0.15, 0.2) is 36.4 Å². The zero-order valence-electron chi connectivity index (χ0n) is 10.6. The predicted octanol–water partition coefficient (Wildman–Crippen LogP) is 4.50. The molecule has 4 heteroatoms. The first kappa shape index (κ1) is 12.6. The molecular weight excluding hydrogens is 276 g/mol. The summed E-state index contributed by atoms with van der Waals surface area (Å²) < 4.78 is 0. The van der Waals surface area contributed by atoms with Crippen molar-refractivity contribution in [3.8, 4) is 0 Å². The first-order valence-corrected chi connectivity index (χ1v) is 7.44. The van der Waals surface area contributed by atoms with E-state index < -0.39 is 0 Å². The highest BCUT2D eigenvalue weighted by Crippen LogP contribution is 2.29. The van der Waals surface area contributed by atoms with Gasteiger partial charge >= 0.3 is 0 Å². The smallest absolute Gasteiger partial charge is 0.141 e. The molecule has 0 saturated heterocycles. The van der Waals surface area contributed by atoms with Crippen LogP contribution in [0, 0.1) is 0 Å². The summed E-state index contributed by atoms with van der Waals surface area (Å²) in [6.45, 7) is 2.14. The Balaban J connectivity index is 2.01. The summed E-state index contributed by atoms with van der Waals surface area (Å²) in [5, 5.41) is 1.53. The maximum atomic E-state index is 6.25. The lowest BCUT2D eigenvalue weighted by atomic mass is 10.1. The highest BCUT2D eigenvalue weighted by atomic mass is 35.5. The van der Waals surface area contributed by atoms with Crippen molar-refractivity contribution in [1.82, 2.24) is 9.97 Å². The lowest BCUT2D eigenvalue weighted by Gasteiger charge is -2.01. The van der Waals surface area contributed by atoms with Crippen LogP contribution < -0.4 is 0 Å². The zero-order valence-corrected chi connectivity index (χ0v) is 12.1. The molecule has 3 aromatic rings. The molecule has 96 valence electrons. The van der Waals surface area contributed by atoms with Crippen LogP contribution in [0.2, 0.25) is 5.15 Å². The average molecular weight is 289 g/mol. The second-order valence-electron chi connectivity index (χ2n) is 4.38. The average Bonchev–Trinajstić information content (AvgIpc) is 2.83. The fraction of sp³-hybridized carbons (Fsp3) is 0.200. The molecule has 2 nitrogen and oxygen atoms in total.